The molecule has 0 aliphatic heterocycles. The molecule has 102 valence electrons. The lowest BCUT2D eigenvalue weighted by molar-refractivity contribution is -0.387. The zero-order chi connectivity index (χ0) is 14.3. The molecule has 0 N–H and O–H groups in total. The van der Waals surface area contributed by atoms with Crippen LogP contribution in [-0.2, 0) is 9.53 Å². The standard InChI is InChI=1S/C11H11ClN2O4S/c1-2-18-10(15)7-13-11(12)19-9-6-4-3-5-8(9)14(16)17/h3-6H,2,7H2,1H3. The van der Waals surface area contributed by atoms with E-state index < -0.39 is 10.9 Å². The normalized spacial score (nSPS) is 11.2. The molecule has 19 heavy (non-hydrogen) atoms. The minimum atomic E-state index is -0.502. The molecule has 0 aliphatic rings. The Morgan fingerprint density at radius 3 is 2.84 bits per heavy atom. The molecule has 0 unspecified atom stereocenters. The Morgan fingerprint density at radius 2 is 2.21 bits per heavy atom. The average Bonchev–Trinajstić information content (AvgIpc) is 2.37. The van der Waals surface area contributed by atoms with Gasteiger partial charge in [0.1, 0.15) is 6.54 Å². The highest BCUT2D eigenvalue weighted by atomic mass is 35.5. The number of nitro groups is 1. The fourth-order valence-corrected chi connectivity index (χ4v) is 2.16. The molecule has 6 nitrogen and oxygen atoms in total. The summed E-state index contributed by atoms with van der Waals surface area (Å²) in [7, 11) is 0. The number of benzene rings is 1. The van der Waals surface area contributed by atoms with E-state index >= 15 is 0 Å². The number of para-hydroxylation sites is 1. The lowest BCUT2D eigenvalue weighted by atomic mass is 10.3. The fourth-order valence-electron chi connectivity index (χ4n) is 1.15. The van der Waals surface area contributed by atoms with E-state index in [4.69, 9.17) is 11.6 Å². The van der Waals surface area contributed by atoms with Crippen LogP contribution in [0.25, 0.3) is 0 Å². The van der Waals surface area contributed by atoms with Crippen molar-refractivity contribution in [2.75, 3.05) is 13.2 Å². The molecule has 1 aromatic carbocycles. The van der Waals surface area contributed by atoms with Crippen LogP contribution in [-0.4, -0.2) is 28.5 Å². The lowest BCUT2D eigenvalue weighted by Crippen LogP contribution is -2.08. The van der Waals surface area contributed by atoms with Crippen LogP contribution in [0.3, 0.4) is 0 Å². The molecule has 0 atom stereocenters. The smallest absolute Gasteiger partial charge is 0.327 e. The van der Waals surface area contributed by atoms with Gasteiger partial charge < -0.3 is 4.74 Å². The summed E-state index contributed by atoms with van der Waals surface area (Å²) in [6.45, 7) is 1.74. The average molecular weight is 303 g/mol. The first-order chi connectivity index (χ1) is 9.04. The number of carbonyl (C=O) groups excluding carboxylic acids is 1. The third-order valence-corrected chi connectivity index (χ3v) is 3.11. The van der Waals surface area contributed by atoms with Gasteiger partial charge in [0.2, 0.25) is 0 Å². The maximum Gasteiger partial charge on any atom is 0.327 e. The second kappa shape index (κ2) is 7.75. The van der Waals surface area contributed by atoms with Crippen molar-refractivity contribution in [1.82, 2.24) is 0 Å². The summed E-state index contributed by atoms with van der Waals surface area (Å²) in [6.07, 6.45) is 0. The molecule has 1 aromatic rings. The van der Waals surface area contributed by atoms with Gasteiger partial charge in [0, 0.05) is 6.07 Å². The molecule has 0 amide bonds. The molecule has 1 rings (SSSR count). The molecule has 0 radical (unpaired) electrons. The number of carbonyl (C=O) groups is 1. The highest BCUT2D eigenvalue weighted by Gasteiger charge is 2.14. The van der Waals surface area contributed by atoms with Gasteiger partial charge in [-0.25, -0.2) is 0 Å². The number of nitro benzene ring substituents is 1. The Kier molecular flexibility index (Phi) is 6.31. The third kappa shape index (κ3) is 5.27. The zero-order valence-corrected chi connectivity index (χ0v) is 11.6. The first-order valence-electron chi connectivity index (χ1n) is 5.31. The summed E-state index contributed by atoms with van der Waals surface area (Å²) in [5.41, 5.74) is -0.0583. The third-order valence-electron chi connectivity index (χ3n) is 1.89. The van der Waals surface area contributed by atoms with Crippen molar-refractivity contribution in [2.24, 2.45) is 4.99 Å². The fraction of sp³-hybridized carbons (Fsp3) is 0.273. The molecular formula is C11H11ClN2O4S. The molecule has 0 saturated heterocycles. The van der Waals surface area contributed by atoms with Gasteiger partial charge in [-0.2, -0.15) is 0 Å². The summed E-state index contributed by atoms with van der Waals surface area (Å²) in [5, 5.41) is 10.8. The number of esters is 1. The summed E-state index contributed by atoms with van der Waals surface area (Å²) in [6, 6.07) is 6.15. The van der Waals surface area contributed by atoms with Gasteiger partial charge in [0.25, 0.3) is 5.69 Å². The van der Waals surface area contributed by atoms with Crippen LogP contribution in [0, 0.1) is 10.1 Å². The Hall–Kier alpha value is -1.60. The first kappa shape index (κ1) is 15.5. The second-order valence-corrected chi connectivity index (χ2v) is 4.81. The van der Waals surface area contributed by atoms with E-state index in [1.807, 2.05) is 0 Å². The lowest BCUT2D eigenvalue weighted by Gasteiger charge is -2.01. The van der Waals surface area contributed by atoms with Crippen molar-refractivity contribution in [3.05, 3.63) is 34.4 Å². The van der Waals surface area contributed by atoms with Crippen LogP contribution in [0.15, 0.2) is 34.2 Å². The van der Waals surface area contributed by atoms with Crippen molar-refractivity contribution >= 4 is 39.5 Å². The summed E-state index contributed by atoms with van der Waals surface area (Å²) < 4.78 is 4.73. The maximum atomic E-state index is 11.1. The van der Waals surface area contributed by atoms with E-state index in [-0.39, 0.29) is 23.3 Å². The molecule has 0 spiro atoms. The Labute approximate surface area is 119 Å². The number of hydrogen-bond acceptors (Lipinski definition) is 6. The highest BCUT2D eigenvalue weighted by Crippen LogP contribution is 2.30. The minimum Gasteiger partial charge on any atom is -0.465 e. The van der Waals surface area contributed by atoms with E-state index in [0.29, 0.717) is 4.90 Å². The SMILES string of the molecule is CCOC(=O)CN=C(Cl)Sc1ccccc1[N+](=O)[O-]. The molecule has 0 aromatic heterocycles. The quantitative estimate of drug-likeness (QED) is 0.209. The van der Waals surface area contributed by atoms with Crippen LogP contribution < -0.4 is 0 Å². The van der Waals surface area contributed by atoms with Gasteiger partial charge in [-0.15, -0.1) is 0 Å². The number of hydrogen-bond donors (Lipinski definition) is 0. The van der Waals surface area contributed by atoms with Crippen molar-refractivity contribution in [1.29, 1.82) is 0 Å². The number of nitrogens with zero attached hydrogens (tertiary/aromatic N) is 2. The molecule has 0 fully saturated rings. The van der Waals surface area contributed by atoms with Gasteiger partial charge in [-0.1, -0.05) is 35.5 Å². The van der Waals surface area contributed by atoms with Crippen LogP contribution in [0.1, 0.15) is 6.92 Å². The van der Waals surface area contributed by atoms with E-state index in [2.05, 4.69) is 9.73 Å². The van der Waals surface area contributed by atoms with Gasteiger partial charge in [-0.3, -0.25) is 19.9 Å². The van der Waals surface area contributed by atoms with E-state index in [0.717, 1.165) is 11.8 Å². The molecule has 8 heteroatoms. The molecule has 0 bridgehead atoms. The zero-order valence-electron chi connectivity index (χ0n) is 10.0. The topological polar surface area (TPSA) is 81.8 Å². The number of ether oxygens (including phenoxy) is 1. The first-order valence-corrected chi connectivity index (χ1v) is 6.51. The Morgan fingerprint density at radius 1 is 1.53 bits per heavy atom. The Balaban J connectivity index is 2.71. The molecule has 0 heterocycles. The van der Waals surface area contributed by atoms with Gasteiger partial charge in [-0.05, 0) is 13.0 Å². The van der Waals surface area contributed by atoms with Crippen molar-refractivity contribution in [2.45, 2.75) is 11.8 Å². The summed E-state index contributed by atoms with van der Waals surface area (Å²) in [5.74, 6) is -0.496. The Bertz CT molecular complexity index is 507. The number of aliphatic imine (C=N–C) groups is 1. The van der Waals surface area contributed by atoms with Crippen LogP contribution in [0.2, 0.25) is 0 Å². The van der Waals surface area contributed by atoms with Gasteiger partial charge in [0.05, 0.1) is 16.4 Å². The number of halogens is 1. The van der Waals surface area contributed by atoms with Gasteiger partial charge in [0.15, 0.2) is 4.50 Å². The highest BCUT2D eigenvalue weighted by molar-refractivity contribution is 8.16. The number of thioether (sulfide) groups is 1. The van der Waals surface area contributed by atoms with Crippen LogP contribution in [0.5, 0.6) is 0 Å². The van der Waals surface area contributed by atoms with Crippen molar-refractivity contribution < 1.29 is 14.5 Å². The van der Waals surface area contributed by atoms with E-state index in [9.17, 15) is 14.9 Å². The van der Waals surface area contributed by atoms with Crippen LogP contribution >= 0.6 is 23.4 Å². The molecule has 0 aliphatic carbocycles. The predicted molar refractivity (Wildman–Crippen MR) is 73.7 cm³/mol. The largest absolute Gasteiger partial charge is 0.465 e. The maximum absolute atomic E-state index is 11.1. The molecule has 0 saturated carbocycles. The molecular weight excluding hydrogens is 292 g/mol. The second-order valence-electron chi connectivity index (χ2n) is 3.20. The summed E-state index contributed by atoms with van der Waals surface area (Å²) in [4.78, 5) is 25.5. The summed E-state index contributed by atoms with van der Waals surface area (Å²) >= 11 is 6.74. The van der Waals surface area contributed by atoms with E-state index in [1.165, 1.54) is 6.07 Å². The van der Waals surface area contributed by atoms with Crippen molar-refractivity contribution in [3.8, 4) is 0 Å². The van der Waals surface area contributed by atoms with Gasteiger partial charge >= 0.3 is 5.97 Å². The number of rotatable bonds is 5. The predicted octanol–water partition coefficient (Wildman–Crippen LogP) is 2.84. The van der Waals surface area contributed by atoms with Crippen LogP contribution in [0.4, 0.5) is 5.69 Å². The van der Waals surface area contributed by atoms with Crippen molar-refractivity contribution in [3.63, 3.8) is 0 Å². The minimum absolute atomic E-state index is 0.0438. The monoisotopic (exact) mass is 302 g/mol. The van der Waals surface area contributed by atoms with E-state index in [1.54, 1.807) is 25.1 Å².